The van der Waals surface area contributed by atoms with Crippen LogP contribution in [0.25, 0.3) is 10.8 Å². The molecule has 1 N–H and O–H groups in total. The summed E-state index contributed by atoms with van der Waals surface area (Å²) >= 11 is 4.83. The van der Waals surface area contributed by atoms with Crippen LogP contribution in [-0.4, -0.2) is 9.53 Å². The lowest BCUT2D eigenvalue weighted by molar-refractivity contribution is 0.481. The zero-order valence-electron chi connectivity index (χ0n) is 7.95. The van der Waals surface area contributed by atoms with Crippen molar-refractivity contribution in [3.63, 3.8) is 0 Å². The first-order valence-electron chi connectivity index (χ1n) is 4.64. The largest absolute Gasteiger partial charge is 0.507 e. The number of aromatic hydroxyl groups is 1. The Morgan fingerprint density at radius 2 is 1.73 bits per heavy atom. The molecule has 1 unspecified atom stereocenters. The Labute approximate surface area is 116 Å². The lowest BCUT2D eigenvalue weighted by Crippen LogP contribution is -1.91. The highest BCUT2D eigenvalue weighted by Crippen LogP contribution is 2.35. The molecule has 0 aromatic heterocycles. The monoisotopic (exact) mass is 424 g/mol. The molecule has 0 spiro atoms. The Balaban J connectivity index is 2.71. The zero-order valence-corrected chi connectivity index (χ0v) is 12.3. The van der Waals surface area contributed by atoms with E-state index in [1.165, 1.54) is 5.56 Å². The second kappa shape index (κ2) is 4.86. The van der Waals surface area contributed by atoms with Crippen LogP contribution in [0, 0.1) is 0 Å². The molecule has 0 saturated heterocycles. The number of rotatable bonds is 2. The van der Waals surface area contributed by atoms with Gasteiger partial charge in [-0.05, 0) is 17.0 Å². The quantitative estimate of drug-likeness (QED) is 0.558. The van der Waals surface area contributed by atoms with Crippen LogP contribution >= 0.6 is 45.2 Å². The minimum Gasteiger partial charge on any atom is -0.507 e. The molecule has 15 heavy (non-hydrogen) atoms. The molecular formula is C12H10I2O. The number of hydrogen-bond acceptors (Lipinski definition) is 1. The molecule has 2 rings (SSSR count). The van der Waals surface area contributed by atoms with Gasteiger partial charge >= 0.3 is 0 Å². The van der Waals surface area contributed by atoms with E-state index in [0.717, 1.165) is 15.2 Å². The summed E-state index contributed by atoms with van der Waals surface area (Å²) in [6.07, 6.45) is 0. The van der Waals surface area contributed by atoms with E-state index in [0.29, 0.717) is 9.67 Å². The van der Waals surface area contributed by atoms with Crippen LogP contribution in [0.5, 0.6) is 5.75 Å². The van der Waals surface area contributed by atoms with Gasteiger partial charge in [-0.3, -0.25) is 0 Å². The number of benzene rings is 2. The number of phenols is 1. The third-order valence-electron chi connectivity index (χ3n) is 2.41. The minimum absolute atomic E-state index is 0.367. The van der Waals surface area contributed by atoms with E-state index in [-0.39, 0.29) is 0 Å². The standard InChI is InChI=1S/C12H10I2O/c13-7-11(14)9-5-6-12(15)10-4-2-1-3-8(9)10/h1-6,11,15H,7H2. The van der Waals surface area contributed by atoms with E-state index in [9.17, 15) is 5.11 Å². The Morgan fingerprint density at radius 1 is 1.07 bits per heavy atom. The van der Waals surface area contributed by atoms with E-state index >= 15 is 0 Å². The van der Waals surface area contributed by atoms with Gasteiger partial charge in [0.25, 0.3) is 0 Å². The van der Waals surface area contributed by atoms with E-state index < -0.39 is 0 Å². The second-order valence-corrected chi connectivity index (χ2v) is 5.73. The maximum atomic E-state index is 9.75. The Morgan fingerprint density at radius 3 is 2.40 bits per heavy atom. The van der Waals surface area contributed by atoms with Gasteiger partial charge in [-0.2, -0.15) is 0 Å². The van der Waals surface area contributed by atoms with Gasteiger partial charge in [0.2, 0.25) is 0 Å². The van der Waals surface area contributed by atoms with Gasteiger partial charge < -0.3 is 5.11 Å². The van der Waals surface area contributed by atoms with Crippen molar-refractivity contribution < 1.29 is 5.11 Å². The summed E-state index contributed by atoms with van der Waals surface area (Å²) < 4.78 is 1.57. The van der Waals surface area contributed by atoms with Crippen LogP contribution in [-0.2, 0) is 0 Å². The Kier molecular flexibility index (Phi) is 3.71. The third kappa shape index (κ3) is 2.22. The van der Waals surface area contributed by atoms with Crippen LogP contribution in [0.4, 0.5) is 0 Å². The average Bonchev–Trinajstić information content (AvgIpc) is 2.29. The Bertz CT molecular complexity index is 482. The van der Waals surface area contributed by atoms with E-state index in [1.54, 1.807) is 6.07 Å². The molecule has 0 aliphatic carbocycles. The summed E-state index contributed by atoms with van der Waals surface area (Å²) in [6, 6.07) is 11.8. The van der Waals surface area contributed by atoms with Crippen LogP contribution in [0.3, 0.4) is 0 Å². The highest BCUT2D eigenvalue weighted by atomic mass is 127. The van der Waals surface area contributed by atoms with Crippen LogP contribution in [0.1, 0.15) is 9.49 Å². The van der Waals surface area contributed by atoms with Crippen LogP contribution < -0.4 is 0 Å². The van der Waals surface area contributed by atoms with Crippen molar-refractivity contribution in [1.82, 2.24) is 0 Å². The van der Waals surface area contributed by atoms with E-state index in [4.69, 9.17) is 0 Å². The summed E-state index contributed by atoms with van der Waals surface area (Å²) in [4.78, 5) is 0. The van der Waals surface area contributed by atoms with E-state index in [2.05, 4.69) is 51.2 Å². The molecule has 0 bridgehead atoms. The molecule has 2 aromatic rings. The fourth-order valence-electron chi connectivity index (χ4n) is 1.66. The molecule has 0 radical (unpaired) electrons. The predicted molar refractivity (Wildman–Crippen MR) is 81.3 cm³/mol. The maximum Gasteiger partial charge on any atom is 0.123 e. The SMILES string of the molecule is Oc1ccc(C(I)CI)c2ccccc12. The molecule has 2 aromatic carbocycles. The number of halogens is 2. The number of alkyl halides is 2. The lowest BCUT2D eigenvalue weighted by Gasteiger charge is -2.11. The van der Waals surface area contributed by atoms with Crippen LogP contribution in [0.15, 0.2) is 36.4 Å². The van der Waals surface area contributed by atoms with Crippen molar-refractivity contribution in [2.45, 2.75) is 3.92 Å². The summed E-state index contributed by atoms with van der Waals surface area (Å²) in [7, 11) is 0. The molecule has 0 fully saturated rings. The normalized spacial score (nSPS) is 12.9. The van der Waals surface area contributed by atoms with Crippen molar-refractivity contribution in [3.05, 3.63) is 42.0 Å². The number of hydrogen-bond donors (Lipinski definition) is 1. The molecule has 0 aliphatic heterocycles. The van der Waals surface area contributed by atoms with Crippen molar-refractivity contribution in [2.75, 3.05) is 4.43 Å². The third-order valence-corrected chi connectivity index (χ3v) is 6.09. The van der Waals surface area contributed by atoms with E-state index in [1.807, 2.05) is 24.3 Å². The molecule has 78 valence electrons. The molecule has 0 heterocycles. The average molecular weight is 424 g/mol. The smallest absolute Gasteiger partial charge is 0.123 e. The summed E-state index contributed by atoms with van der Waals surface area (Å²) in [5.41, 5.74) is 1.30. The highest BCUT2D eigenvalue weighted by molar-refractivity contribution is 14.1. The molecule has 0 amide bonds. The minimum atomic E-state index is 0.367. The summed E-state index contributed by atoms with van der Waals surface area (Å²) in [5.74, 6) is 0.367. The van der Waals surface area contributed by atoms with Gasteiger partial charge in [-0.1, -0.05) is 75.5 Å². The molecule has 0 saturated carbocycles. The topological polar surface area (TPSA) is 20.2 Å². The van der Waals surface area contributed by atoms with Crippen molar-refractivity contribution in [2.24, 2.45) is 0 Å². The van der Waals surface area contributed by atoms with Gasteiger partial charge in [0.05, 0.1) is 0 Å². The molecule has 3 heteroatoms. The highest BCUT2D eigenvalue weighted by Gasteiger charge is 2.10. The summed E-state index contributed by atoms with van der Waals surface area (Å²) in [5, 5.41) is 11.9. The van der Waals surface area contributed by atoms with Crippen LogP contribution in [0.2, 0.25) is 0 Å². The fraction of sp³-hybridized carbons (Fsp3) is 0.167. The summed E-state index contributed by atoms with van der Waals surface area (Å²) in [6.45, 7) is 0. The zero-order chi connectivity index (χ0) is 10.8. The first-order chi connectivity index (χ1) is 7.24. The van der Waals surface area contributed by atoms with Crippen molar-refractivity contribution in [1.29, 1.82) is 0 Å². The first kappa shape index (κ1) is 11.4. The lowest BCUT2D eigenvalue weighted by atomic mass is 10.0. The molecule has 0 aliphatic rings. The maximum absolute atomic E-state index is 9.75. The predicted octanol–water partition coefficient (Wildman–Crippen LogP) is 4.46. The molecule has 1 nitrogen and oxygen atoms in total. The fourth-order valence-corrected chi connectivity index (χ4v) is 2.68. The first-order valence-corrected chi connectivity index (χ1v) is 7.42. The van der Waals surface area contributed by atoms with Gasteiger partial charge in [0, 0.05) is 13.7 Å². The van der Waals surface area contributed by atoms with Crippen molar-refractivity contribution >= 4 is 56.0 Å². The Hall–Kier alpha value is -0.0400. The van der Waals surface area contributed by atoms with Gasteiger partial charge in [0.1, 0.15) is 5.75 Å². The second-order valence-electron chi connectivity index (χ2n) is 3.34. The number of fused-ring (bicyclic) bond motifs is 1. The molecule has 1 atom stereocenters. The van der Waals surface area contributed by atoms with Gasteiger partial charge in [0.15, 0.2) is 0 Å². The molecular weight excluding hydrogens is 414 g/mol. The van der Waals surface area contributed by atoms with Gasteiger partial charge in [-0.15, -0.1) is 0 Å². The van der Waals surface area contributed by atoms with Crippen molar-refractivity contribution in [3.8, 4) is 5.75 Å². The number of phenolic OH excluding ortho intramolecular Hbond substituents is 1. The van der Waals surface area contributed by atoms with Gasteiger partial charge in [-0.25, -0.2) is 0 Å².